The lowest BCUT2D eigenvalue weighted by atomic mass is 9.79. The number of rotatable bonds is 1. The summed E-state index contributed by atoms with van der Waals surface area (Å²) in [6.07, 6.45) is 3.89. The van der Waals surface area contributed by atoms with Crippen LogP contribution in [0.3, 0.4) is 0 Å². The van der Waals surface area contributed by atoms with Crippen LogP contribution in [0.2, 0.25) is 0 Å². The summed E-state index contributed by atoms with van der Waals surface area (Å²) in [6, 6.07) is 0. The molecule has 0 N–H and O–H groups in total. The molecular formula is C10H14O3. The number of carbonyl (C=O) groups excluding carboxylic acids is 2. The van der Waals surface area contributed by atoms with E-state index < -0.39 is 0 Å². The van der Waals surface area contributed by atoms with Crippen LogP contribution in [0, 0.1) is 11.8 Å². The van der Waals surface area contributed by atoms with Crippen LogP contribution < -0.4 is 0 Å². The number of cyclic esters (lactones) is 1. The summed E-state index contributed by atoms with van der Waals surface area (Å²) < 4.78 is 4.92. The van der Waals surface area contributed by atoms with E-state index in [1.54, 1.807) is 0 Å². The van der Waals surface area contributed by atoms with Crippen molar-refractivity contribution in [1.82, 2.24) is 0 Å². The molecule has 2 fully saturated rings. The summed E-state index contributed by atoms with van der Waals surface area (Å²) in [4.78, 5) is 21.9. The van der Waals surface area contributed by atoms with Gasteiger partial charge in [0.05, 0.1) is 13.0 Å². The third-order valence-corrected chi connectivity index (χ3v) is 3.14. The highest BCUT2D eigenvalue weighted by atomic mass is 16.5. The maximum Gasteiger partial charge on any atom is 0.306 e. The highest BCUT2D eigenvalue weighted by Gasteiger charge is 2.33. The maximum atomic E-state index is 11.0. The molecule has 0 aromatic rings. The third kappa shape index (κ3) is 1.90. The van der Waals surface area contributed by atoms with Crippen molar-refractivity contribution in [2.45, 2.75) is 32.1 Å². The Morgan fingerprint density at radius 2 is 1.77 bits per heavy atom. The van der Waals surface area contributed by atoms with E-state index in [9.17, 15) is 9.59 Å². The standard InChI is InChI=1S/C10H14O3/c11-9-3-1-7(2-4-9)8-5-10(12)13-6-8/h7-8H,1-6H2. The van der Waals surface area contributed by atoms with Crippen molar-refractivity contribution < 1.29 is 14.3 Å². The van der Waals surface area contributed by atoms with Crippen molar-refractivity contribution in [2.75, 3.05) is 6.61 Å². The van der Waals surface area contributed by atoms with Crippen LogP contribution in [0.1, 0.15) is 32.1 Å². The number of Topliss-reactive ketones (excluding diaryl/α,β-unsaturated/α-hetero) is 1. The van der Waals surface area contributed by atoms with Gasteiger partial charge in [0.15, 0.2) is 0 Å². The number of carbonyl (C=O) groups is 2. The molecule has 1 aliphatic heterocycles. The van der Waals surface area contributed by atoms with E-state index in [-0.39, 0.29) is 5.97 Å². The van der Waals surface area contributed by atoms with Crippen molar-refractivity contribution in [3.63, 3.8) is 0 Å². The number of ether oxygens (including phenoxy) is 1. The Morgan fingerprint density at radius 1 is 1.08 bits per heavy atom. The van der Waals surface area contributed by atoms with Crippen molar-refractivity contribution >= 4 is 11.8 Å². The van der Waals surface area contributed by atoms with Crippen LogP contribution in [0.15, 0.2) is 0 Å². The Balaban J connectivity index is 1.87. The molecule has 0 spiro atoms. The number of hydrogen-bond acceptors (Lipinski definition) is 3. The van der Waals surface area contributed by atoms with E-state index in [1.807, 2.05) is 0 Å². The molecule has 1 saturated heterocycles. The molecule has 1 heterocycles. The van der Waals surface area contributed by atoms with Gasteiger partial charge in [-0.25, -0.2) is 0 Å². The van der Waals surface area contributed by atoms with Gasteiger partial charge in [-0.05, 0) is 18.8 Å². The van der Waals surface area contributed by atoms with Crippen LogP contribution in [-0.4, -0.2) is 18.4 Å². The first-order valence-electron chi connectivity index (χ1n) is 4.93. The van der Waals surface area contributed by atoms with Crippen molar-refractivity contribution in [3.05, 3.63) is 0 Å². The van der Waals surface area contributed by atoms with Gasteiger partial charge in [0, 0.05) is 18.8 Å². The van der Waals surface area contributed by atoms with Crippen molar-refractivity contribution in [3.8, 4) is 0 Å². The second kappa shape index (κ2) is 3.48. The molecule has 13 heavy (non-hydrogen) atoms. The molecule has 1 atom stereocenters. The molecule has 3 heteroatoms. The maximum absolute atomic E-state index is 11.0. The topological polar surface area (TPSA) is 43.4 Å². The Bertz CT molecular complexity index is 224. The molecule has 0 bridgehead atoms. The molecule has 0 aromatic carbocycles. The third-order valence-electron chi connectivity index (χ3n) is 3.14. The Hall–Kier alpha value is -0.860. The molecule has 2 rings (SSSR count). The van der Waals surface area contributed by atoms with Crippen molar-refractivity contribution in [2.24, 2.45) is 11.8 Å². The summed E-state index contributed by atoms with van der Waals surface area (Å²) in [5, 5.41) is 0. The van der Waals surface area contributed by atoms with Gasteiger partial charge in [-0.2, -0.15) is 0 Å². The van der Waals surface area contributed by atoms with Gasteiger partial charge in [-0.3, -0.25) is 9.59 Å². The second-order valence-corrected chi connectivity index (χ2v) is 4.02. The molecule has 1 saturated carbocycles. The molecule has 1 aliphatic carbocycles. The first-order valence-corrected chi connectivity index (χ1v) is 4.93. The van der Waals surface area contributed by atoms with Crippen LogP contribution in [0.4, 0.5) is 0 Å². The van der Waals surface area contributed by atoms with Crippen LogP contribution in [0.5, 0.6) is 0 Å². The van der Waals surface area contributed by atoms with E-state index in [4.69, 9.17) is 4.74 Å². The van der Waals surface area contributed by atoms with Gasteiger partial charge in [0.25, 0.3) is 0 Å². The van der Waals surface area contributed by atoms with Crippen LogP contribution >= 0.6 is 0 Å². The Morgan fingerprint density at radius 3 is 2.31 bits per heavy atom. The van der Waals surface area contributed by atoms with Gasteiger partial charge in [0.1, 0.15) is 5.78 Å². The quantitative estimate of drug-likeness (QED) is 0.574. The van der Waals surface area contributed by atoms with Crippen LogP contribution in [0.25, 0.3) is 0 Å². The van der Waals surface area contributed by atoms with E-state index >= 15 is 0 Å². The average molecular weight is 182 g/mol. The SMILES string of the molecule is O=C1CCC(C2COC(=O)C2)CC1. The minimum absolute atomic E-state index is 0.0677. The van der Waals surface area contributed by atoms with Gasteiger partial charge in [-0.15, -0.1) is 0 Å². The van der Waals surface area contributed by atoms with Gasteiger partial charge < -0.3 is 4.74 Å². The molecule has 0 radical (unpaired) electrons. The fourth-order valence-corrected chi connectivity index (χ4v) is 2.27. The summed E-state index contributed by atoms with van der Waals surface area (Å²) >= 11 is 0. The van der Waals surface area contributed by atoms with E-state index in [1.165, 1.54) is 0 Å². The minimum atomic E-state index is -0.0677. The van der Waals surface area contributed by atoms with Crippen LogP contribution in [-0.2, 0) is 14.3 Å². The first kappa shape index (κ1) is 8.73. The molecule has 0 amide bonds. The van der Waals surface area contributed by atoms with Gasteiger partial charge in [0.2, 0.25) is 0 Å². The molecule has 72 valence electrons. The molecule has 1 unspecified atom stereocenters. The molecule has 3 nitrogen and oxygen atoms in total. The minimum Gasteiger partial charge on any atom is -0.465 e. The lowest BCUT2D eigenvalue weighted by Gasteiger charge is -2.24. The van der Waals surface area contributed by atoms with E-state index in [2.05, 4.69) is 0 Å². The first-order chi connectivity index (χ1) is 6.25. The average Bonchev–Trinajstić information content (AvgIpc) is 2.53. The summed E-state index contributed by atoms with van der Waals surface area (Å²) in [7, 11) is 0. The zero-order chi connectivity index (χ0) is 9.26. The van der Waals surface area contributed by atoms with Gasteiger partial charge >= 0.3 is 5.97 Å². The molecular weight excluding hydrogens is 168 g/mol. The summed E-state index contributed by atoms with van der Waals surface area (Å²) in [5.74, 6) is 1.24. The fraction of sp³-hybridized carbons (Fsp3) is 0.800. The van der Waals surface area contributed by atoms with Crippen molar-refractivity contribution in [1.29, 1.82) is 0 Å². The summed E-state index contributed by atoms with van der Waals surface area (Å²) in [6.45, 7) is 0.581. The second-order valence-electron chi connectivity index (χ2n) is 4.02. The van der Waals surface area contributed by atoms with E-state index in [0.717, 1.165) is 12.8 Å². The predicted molar refractivity (Wildman–Crippen MR) is 46.0 cm³/mol. The summed E-state index contributed by atoms with van der Waals surface area (Å²) in [5.41, 5.74) is 0. The zero-order valence-electron chi connectivity index (χ0n) is 7.62. The van der Waals surface area contributed by atoms with E-state index in [0.29, 0.717) is 43.5 Å². The number of ketones is 1. The Labute approximate surface area is 77.4 Å². The smallest absolute Gasteiger partial charge is 0.306 e. The predicted octanol–water partition coefficient (Wildman–Crippen LogP) is 1.31. The highest BCUT2D eigenvalue weighted by molar-refractivity contribution is 5.79. The number of hydrogen-bond donors (Lipinski definition) is 0. The monoisotopic (exact) mass is 182 g/mol. The van der Waals surface area contributed by atoms with Gasteiger partial charge in [-0.1, -0.05) is 0 Å². The lowest BCUT2D eigenvalue weighted by molar-refractivity contribution is -0.138. The largest absolute Gasteiger partial charge is 0.465 e. The lowest BCUT2D eigenvalue weighted by Crippen LogP contribution is -2.21. The molecule has 2 aliphatic rings. The molecule has 0 aromatic heterocycles. The number of esters is 1. The highest BCUT2D eigenvalue weighted by Crippen LogP contribution is 2.33. The normalized spacial score (nSPS) is 30.6. The fourth-order valence-electron chi connectivity index (χ4n) is 2.27. The Kier molecular flexibility index (Phi) is 2.34. The zero-order valence-corrected chi connectivity index (χ0v) is 7.62.